The summed E-state index contributed by atoms with van der Waals surface area (Å²) in [6, 6.07) is 16.8. The fraction of sp³-hybridized carbons (Fsp3) is 0.350. The van der Waals surface area contributed by atoms with Gasteiger partial charge in [0.25, 0.3) is 5.69 Å². The number of nitro groups is 1. The molecule has 136 valence electrons. The standard InChI is InChI=1S/C20H23N3O3/c24-20(11-6-17-4-2-1-3-5-17)16-21-12-14-22(15-13-21)18-7-9-19(10-8-18)23(25)26/h1-5,7-10H,6,11-16H2/p+1. The Labute approximate surface area is 153 Å². The molecule has 0 bridgehead atoms. The third-order valence-corrected chi connectivity index (χ3v) is 4.88. The van der Waals surface area contributed by atoms with E-state index in [-0.39, 0.29) is 10.6 Å². The first-order chi connectivity index (χ1) is 12.6. The van der Waals surface area contributed by atoms with Crippen LogP contribution in [0.1, 0.15) is 12.0 Å². The number of rotatable bonds is 7. The van der Waals surface area contributed by atoms with E-state index in [9.17, 15) is 14.9 Å². The van der Waals surface area contributed by atoms with Crippen molar-refractivity contribution in [1.82, 2.24) is 0 Å². The van der Waals surface area contributed by atoms with E-state index in [2.05, 4.69) is 17.0 Å². The average molecular weight is 354 g/mol. The molecule has 1 aliphatic heterocycles. The number of quaternary nitrogens is 1. The molecule has 0 spiro atoms. The van der Waals surface area contributed by atoms with Gasteiger partial charge in [-0.25, -0.2) is 0 Å². The molecule has 0 aliphatic carbocycles. The second-order valence-electron chi connectivity index (χ2n) is 6.71. The van der Waals surface area contributed by atoms with Crippen molar-refractivity contribution in [2.24, 2.45) is 0 Å². The lowest BCUT2D eigenvalue weighted by Gasteiger charge is -2.33. The van der Waals surface area contributed by atoms with Crippen LogP contribution in [-0.4, -0.2) is 43.4 Å². The zero-order valence-corrected chi connectivity index (χ0v) is 14.8. The fourth-order valence-electron chi connectivity index (χ4n) is 3.34. The van der Waals surface area contributed by atoms with Crippen LogP contribution in [0.15, 0.2) is 54.6 Å². The van der Waals surface area contributed by atoms with E-state index in [0.717, 1.165) is 38.3 Å². The van der Waals surface area contributed by atoms with Gasteiger partial charge in [0.1, 0.15) is 6.54 Å². The third kappa shape index (κ3) is 4.89. The summed E-state index contributed by atoms with van der Waals surface area (Å²) in [6.07, 6.45) is 1.40. The summed E-state index contributed by atoms with van der Waals surface area (Å²) in [4.78, 5) is 26.1. The number of hydrogen-bond donors (Lipinski definition) is 1. The molecule has 2 aromatic rings. The summed E-state index contributed by atoms with van der Waals surface area (Å²) in [6.45, 7) is 4.13. The molecule has 0 atom stereocenters. The minimum atomic E-state index is -0.382. The third-order valence-electron chi connectivity index (χ3n) is 4.88. The number of carbonyl (C=O) groups excluding carboxylic acids is 1. The maximum atomic E-state index is 12.2. The lowest BCUT2D eigenvalue weighted by Crippen LogP contribution is -3.15. The lowest BCUT2D eigenvalue weighted by molar-refractivity contribution is -0.892. The summed E-state index contributed by atoms with van der Waals surface area (Å²) >= 11 is 0. The van der Waals surface area contributed by atoms with Crippen LogP contribution in [0.25, 0.3) is 0 Å². The maximum absolute atomic E-state index is 12.2. The van der Waals surface area contributed by atoms with Crippen molar-refractivity contribution in [3.63, 3.8) is 0 Å². The van der Waals surface area contributed by atoms with Gasteiger partial charge in [-0.05, 0) is 24.1 Å². The molecule has 6 nitrogen and oxygen atoms in total. The zero-order valence-electron chi connectivity index (χ0n) is 14.8. The smallest absolute Gasteiger partial charge is 0.269 e. The van der Waals surface area contributed by atoms with Crippen molar-refractivity contribution in [2.45, 2.75) is 12.8 Å². The number of piperazine rings is 1. The van der Waals surface area contributed by atoms with E-state index in [1.807, 2.05) is 18.2 Å². The quantitative estimate of drug-likeness (QED) is 0.604. The van der Waals surface area contributed by atoms with Gasteiger partial charge in [0.2, 0.25) is 0 Å². The molecule has 0 radical (unpaired) electrons. The molecule has 0 saturated carbocycles. The monoisotopic (exact) mass is 354 g/mol. The summed E-state index contributed by atoms with van der Waals surface area (Å²) in [5, 5.41) is 10.7. The predicted octanol–water partition coefficient (Wildman–Crippen LogP) is 1.50. The fourth-order valence-corrected chi connectivity index (χ4v) is 3.34. The van der Waals surface area contributed by atoms with Crippen LogP contribution in [0.4, 0.5) is 11.4 Å². The van der Waals surface area contributed by atoms with E-state index < -0.39 is 0 Å². The van der Waals surface area contributed by atoms with Crippen molar-refractivity contribution in [2.75, 3.05) is 37.6 Å². The van der Waals surface area contributed by atoms with Gasteiger partial charge in [-0.2, -0.15) is 0 Å². The lowest BCUT2D eigenvalue weighted by atomic mass is 10.1. The van der Waals surface area contributed by atoms with E-state index >= 15 is 0 Å². The average Bonchev–Trinajstić information content (AvgIpc) is 2.68. The van der Waals surface area contributed by atoms with Gasteiger partial charge in [0.05, 0.1) is 31.1 Å². The van der Waals surface area contributed by atoms with Gasteiger partial charge >= 0.3 is 0 Å². The minimum Gasteiger partial charge on any atom is -0.360 e. The highest BCUT2D eigenvalue weighted by Crippen LogP contribution is 2.19. The molecule has 1 fully saturated rings. The predicted molar refractivity (Wildman–Crippen MR) is 101 cm³/mol. The molecule has 3 rings (SSSR count). The first-order valence-electron chi connectivity index (χ1n) is 9.00. The molecular formula is C20H24N3O3+. The van der Waals surface area contributed by atoms with Crippen molar-refractivity contribution in [3.05, 3.63) is 70.3 Å². The maximum Gasteiger partial charge on any atom is 0.269 e. The molecular weight excluding hydrogens is 330 g/mol. The first kappa shape index (κ1) is 18.1. The molecule has 0 amide bonds. The topological polar surface area (TPSA) is 67.9 Å². The molecule has 1 saturated heterocycles. The number of nitrogens with one attached hydrogen (secondary N) is 1. The van der Waals surface area contributed by atoms with Gasteiger partial charge < -0.3 is 9.80 Å². The summed E-state index contributed by atoms with van der Waals surface area (Å²) in [5.74, 6) is 0.313. The number of benzene rings is 2. The largest absolute Gasteiger partial charge is 0.360 e. The number of aryl methyl sites for hydroxylation is 1. The van der Waals surface area contributed by atoms with Crippen LogP contribution in [0.5, 0.6) is 0 Å². The Kier molecular flexibility index (Phi) is 5.96. The van der Waals surface area contributed by atoms with Crippen LogP contribution in [-0.2, 0) is 11.2 Å². The van der Waals surface area contributed by atoms with Gasteiger partial charge in [-0.3, -0.25) is 14.9 Å². The van der Waals surface area contributed by atoms with Crippen LogP contribution in [0, 0.1) is 10.1 Å². The van der Waals surface area contributed by atoms with Crippen LogP contribution in [0.3, 0.4) is 0 Å². The van der Waals surface area contributed by atoms with Gasteiger partial charge in [0.15, 0.2) is 5.78 Å². The Morgan fingerprint density at radius 2 is 1.69 bits per heavy atom. The molecule has 1 N–H and O–H groups in total. The highest BCUT2D eigenvalue weighted by Gasteiger charge is 2.22. The first-order valence-corrected chi connectivity index (χ1v) is 9.00. The van der Waals surface area contributed by atoms with Gasteiger partial charge in [-0.15, -0.1) is 0 Å². The number of carbonyl (C=O) groups is 1. The van der Waals surface area contributed by atoms with E-state index in [4.69, 9.17) is 0 Å². The Bertz CT molecular complexity index is 739. The molecule has 1 heterocycles. The molecule has 2 aromatic carbocycles. The Balaban J connectivity index is 1.43. The second-order valence-corrected chi connectivity index (χ2v) is 6.71. The molecule has 0 unspecified atom stereocenters. The SMILES string of the molecule is O=C(CCc1ccccc1)C[NH+]1CCN(c2ccc([N+](=O)[O-])cc2)CC1. The second kappa shape index (κ2) is 8.58. The van der Waals surface area contributed by atoms with Crippen LogP contribution >= 0.6 is 0 Å². The number of anilines is 1. The normalized spacial score (nSPS) is 15.0. The minimum absolute atomic E-state index is 0.113. The van der Waals surface area contributed by atoms with Gasteiger partial charge in [-0.1, -0.05) is 30.3 Å². The van der Waals surface area contributed by atoms with Crippen molar-refractivity contribution >= 4 is 17.2 Å². The number of Topliss-reactive ketones (excluding diaryl/α,β-unsaturated/α-hetero) is 1. The number of nitrogens with zero attached hydrogens (tertiary/aromatic N) is 2. The number of non-ortho nitro benzene ring substituents is 1. The Morgan fingerprint density at radius 3 is 2.31 bits per heavy atom. The molecule has 0 aromatic heterocycles. The Morgan fingerprint density at radius 1 is 1.04 bits per heavy atom. The summed E-state index contributed by atoms with van der Waals surface area (Å²) in [7, 11) is 0. The number of ketones is 1. The molecule has 26 heavy (non-hydrogen) atoms. The highest BCUT2D eigenvalue weighted by molar-refractivity contribution is 5.79. The van der Waals surface area contributed by atoms with Gasteiger partial charge in [0, 0.05) is 24.2 Å². The van der Waals surface area contributed by atoms with E-state index in [0.29, 0.717) is 18.7 Å². The van der Waals surface area contributed by atoms with Crippen molar-refractivity contribution in [1.29, 1.82) is 0 Å². The summed E-state index contributed by atoms with van der Waals surface area (Å²) < 4.78 is 0. The number of nitro benzene ring substituents is 1. The Hall–Kier alpha value is -2.73. The van der Waals surface area contributed by atoms with E-state index in [1.165, 1.54) is 10.5 Å². The highest BCUT2D eigenvalue weighted by atomic mass is 16.6. The van der Waals surface area contributed by atoms with Crippen molar-refractivity contribution < 1.29 is 14.6 Å². The molecule has 1 aliphatic rings. The van der Waals surface area contributed by atoms with Crippen molar-refractivity contribution in [3.8, 4) is 0 Å². The number of hydrogen-bond acceptors (Lipinski definition) is 4. The van der Waals surface area contributed by atoms with Crippen LogP contribution < -0.4 is 9.80 Å². The van der Waals surface area contributed by atoms with E-state index in [1.54, 1.807) is 24.3 Å². The summed E-state index contributed by atoms with van der Waals surface area (Å²) in [5.41, 5.74) is 2.32. The molecule has 6 heteroatoms. The zero-order chi connectivity index (χ0) is 18.4. The van der Waals surface area contributed by atoms with Crippen LogP contribution in [0.2, 0.25) is 0 Å².